The number of rotatable bonds is 11. The molecule has 23 heavy (non-hydrogen) atoms. The molecule has 1 aromatic carbocycles. The van der Waals surface area contributed by atoms with Gasteiger partial charge in [-0.2, -0.15) is 0 Å². The molecule has 0 amide bonds. The second-order valence-electron chi connectivity index (χ2n) is 5.03. The highest BCUT2D eigenvalue weighted by Gasteiger charge is 2.18. The zero-order chi connectivity index (χ0) is 16.9. The zero-order valence-corrected chi connectivity index (χ0v) is 13.5. The van der Waals surface area contributed by atoms with Gasteiger partial charge in [0.1, 0.15) is 0 Å². The minimum atomic E-state index is -0.506. The van der Waals surface area contributed by atoms with Crippen molar-refractivity contribution in [2.75, 3.05) is 13.2 Å². The maximum atomic E-state index is 12.1. The Hall–Kier alpha value is -2.36. The van der Waals surface area contributed by atoms with Crippen molar-refractivity contribution in [1.29, 1.82) is 0 Å². The molecule has 0 atom stereocenters. The number of unbranched alkanes of at least 4 members (excludes halogenated alkanes) is 3. The van der Waals surface area contributed by atoms with Crippen LogP contribution in [0, 0.1) is 0 Å². The number of hydrogen-bond acceptors (Lipinski definition) is 4. The monoisotopic (exact) mass is 316 g/mol. The minimum Gasteiger partial charge on any atom is -0.462 e. The molecule has 124 valence electrons. The van der Waals surface area contributed by atoms with Gasteiger partial charge in [-0.3, -0.25) is 0 Å². The van der Waals surface area contributed by atoms with E-state index < -0.39 is 11.9 Å². The molecule has 0 aliphatic heterocycles. The molecule has 0 fully saturated rings. The highest BCUT2D eigenvalue weighted by molar-refractivity contribution is 6.03. The highest BCUT2D eigenvalue weighted by atomic mass is 16.5. The van der Waals surface area contributed by atoms with Crippen LogP contribution in [0.25, 0.3) is 0 Å². The summed E-state index contributed by atoms with van der Waals surface area (Å²) in [4.78, 5) is 24.2. The quantitative estimate of drug-likeness (QED) is 0.346. The summed E-state index contributed by atoms with van der Waals surface area (Å²) in [5, 5.41) is 0. The molecule has 0 unspecified atom stereocenters. The van der Waals surface area contributed by atoms with E-state index >= 15 is 0 Å². The lowest BCUT2D eigenvalue weighted by Crippen LogP contribution is -2.15. The van der Waals surface area contributed by atoms with Gasteiger partial charge in [-0.05, 0) is 44.2 Å². The number of benzene rings is 1. The minimum absolute atomic E-state index is 0.238. The third-order valence-electron chi connectivity index (χ3n) is 3.19. The smallest absolute Gasteiger partial charge is 0.339 e. The van der Waals surface area contributed by atoms with Gasteiger partial charge in [0.25, 0.3) is 0 Å². The van der Waals surface area contributed by atoms with Crippen LogP contribution in [0.4, 0.5) is 0 Å². The van der Waals surface area contributed by atoms with E-state index in [2.05, 4.69) is 13.2 Å². The number of hydrogen-bond donors (Lipinski definition) is 0. The van der Waals surface area contributed by atoms with Gasteiger partial charge in [-0.15, -0.1) is 13.2 Å². The van der Waals surface area contributed by atoms with E-state index in [1.807, 2.05) is 6.08 Å². The summed E-state index contributed by atoms with van der Waals surface area (Å²) in [6, 6.07) is 6.54. The molecule has 1 aromatic rings. The van der Waals surface area contributed by atoms with Crippen LogP contribution in [0.3, 0.4) is 0 Å². The molecular formula is C19H24O4. The van der Waals surface area contributed by atoms with Crippen molar-refractivity contribution in [3.63, 3.8) is 0 Å². The molecule has 0 saturated carbocycles. The van der Waals surface area contributed by atoms with Crippen molar-refractivity contribution in [2.24, 2.45) is 0 Å². The SMILES string of the molecule is C=CCCCCOC(=O)c1ccccc1C(=O)OCCCC=C. The molecule has 4 heteroatoms. The molecule has 0 aromatic heterocycles. The normalized spacial score (nSPS) is 9.91. The predicted molar refractivity (Wildman–Crippen MR) is 90.5 cm³/mol. The second kappa shape index (κ2) is 11.2. The first-order chi connectivity index (χ1) is 11.2. The van der Waals surface area contributed by atoms with Gasteiger partial charge in [0.15, 0.2) is 0 Å². The van der Waals surface area contributed by atoms with Crippen LogP contribution in [-0.4, -0.2) is 25.2 Å². The van der Waals surface area contributed by atoms with Crippen LogP contribution in [0.15, 0.2) is 49.6 Å². The number of esters is 2. The molecule has 1 rings (SSSR count). The Labute approximate surface area is 137 Å². The predicted octanol–water partition coefficient (Wildman–Crippen LogP) is 4.32. The molecule has 0 heterocycles. The Morgan fingerprint density at radius 2 is 1.30 bits per heavy atom. The molecule has 0 aliphatic carbocycles. The van der Waals surface area contributed by atoms with Gasteiger partial charge in [0.2, 0.25) is 0 Å². The first-order valence-corrected chi connectivity index (χ1v) is 7.85. The molecule has 0 bridgehead atoms. The largest absolute Gasteiger partial charge is 0.462 e. The maximum absolute atomic E-state index is 12.1. The Morgan fingerprint density at radius 1 is 0.826 bits per heavy atom. The summed E-state index contributed by atoms with van der Waals surface area (Å²) >= 11 is 0. The molecule has 0 saturated heterocycles. The van der Waals surface area contributed by atoms with Crippen LogP contribution in [0.2, 0.25) is 0 Å². The molecule has 0 N–H and O–H groups in total. The van der Waals surface area contributed by atoms with E-state index in [0.29, 0.717) is 19.6 Å². The van der Waals surface area contributed by atoms with E-state index in [1.54, 1.807) is 30.3 Å². The van der Waals surface area contributed by atoms with Gasteiger partial charge in [-0.1, -0.05) is 24.3 Å². The Morgan fingerprint density at radius 3 is 1.83 bits per heavy atom. The molecule has 0 aliphatic rings. The van der Waals surface area contributed by atoms with Crippen LogP contribution in [-0.2, 0) is 9.47 Å². The molecule has 0 spiro atoms. The highest BCUT2D eigenvalue weighted by Crippen LogP contribution is 2.13. The average Bonchev–Trinajstić information content (AvgIpc) is 2.58. The second-order valence-corrected chi connectivity index (χ2v) is 5.03. The third kappa shape index (κ3) is 6.96. The van der Waals surface area contributed by atoms with Gasteiger partial charge in [0.05, 0.1) is 24.3 Å². The molecule has 0 radical (unpaired) electrons. The number of ether oxygens (including phenoxy) is 2. The lowest BCUT2D eigenvalue weighted by molar-refractivity contribution is 0.0452. The van der Waals surface area contributed by atoms with Crippen molar-refractivity contribution in [3.05, 3.63) is 60.7 Å². The fraction of sp³-hybridized carbons (Fsp3) is 0.368. The maximum Gasteiger partial charge on any atom is 0.339 e. The summed E-state index contributed by atoms with van der Waals surface area (Å²) in [6.07, 6.45) is 7.68. The number of carbonyl (C=O) groups is 2. The van der Waals surface area contributed by atoms with Gasteiger partial charge in [0, 0.05) is 0 Å². The van der Waals surface area contributed by atoms with Crippen LogP contribution < -0.4 is 0 Å². The van der Waals surface area contributed by atoms with Gasteiger partial charge in [-0.25, -0.2) is 9.59 Å². The van der Waals surface area contributed by atoms with Crippen molar-refractivity contribution in [3.8, 4) is 0 Å². The first-order valence-electron chi connectivity index (χ1n) is 7.85. The topological polar surface area (TPSA) is 52.6 Å². The summed E-state index contributed by atoms with van der Waals surface area (Å²) in [5.74, 6) is -1.00. The first kappa shape index (κ1) is 18.7. The number of allylic oxidation sites excluding steroid dienone is 2. The van der Waals surface area contributed by atoms with Crippen molar-refractivity contribution in [2.45, 2.75) is 32.1 Å². The number of carbonyl (C=O) groups excluding carboxylic acids is 2. The summed E-state index contributed by atoms with van der Waals surface area (Å²) in [6.45, 7) is 7.89. The Kier molecular flexibility index (Phi) is 9.13. The van der Waals surface area contributed by atoms with E-state index in [0.717, 1.165) is 25.7 Å². The molecular weight excluding hydrogens is 292 g/mol. The van der Waals surface area contributed by atoms with Crippen LogP contribution >= 0.6 is 0 Å². The summed E-state index contributed by atoms with van der Waals surface area (Å²) in [5.41, 5.74) is 0.479. The van der Waals surface area contributed by atoms with Gasteiger partial charge >= 0.3 is 11.9 Å². The van der Waals surface area contributed by atoms with Crippen LogP contribution in [0.5, 0.6) is 0 Å². The summed E-state index contributed by atoms with van der Waals surface area (Å²) < 4.78 is 10.4. The van der Waals surface area contributed by atoms with E-state index in [1.165, 1.54) is 0 Å². The zero-order valence-electron chi connectivity index (χ0n) is 13.5. The summed E-state index contributed by atoms with van der Waals surface area (Å²) in [7, 11) is 0. The van der Waals surface area contributed by atoms with E-state index in [9.17, 15) is 9.59 Å². The van der Waals surface area contributed by atoms with E-state index in [4.69, 9.17) is 9.47 Å². The van der Waals surface area contributed by atoms with Crippen molar-refractivity contribution < 1.29 is 19.1 Å². The van der Waals surface area contributed by atoms with Gasteiger partial charge < -0.3 is 9.47 Å². The third-order valence-corrected chi connectivity index (χ3v) is 3.19. The average molecular weight is 316 g/mol. The van der Waals surface area contributed by atoms with E-state index in [-0.39, 0.29) is 11.1 Å². The fourth-order valence-corrected chi connectivity index (χ4v) is 1.94. The van der Waals surface area contributed by atoms with Crippen molar-refractivity contribution in [1.82, 2.24) is 0 Å². The molecule has 4 nitrogen and oxygen atoms in total. The lowest BCUT2D eigenvalue weighted by Gasteiger charge is -2.09. The Bertz CT molecular complexity index is 534. The van der Waals surface area contributed by atoms with Crippen molar-refractivity contribution >= 4 is 11.9 Å². The lowest BCUT2D eigenvalue weighted by atomic mass is 10.1. The van der Waals surface area contributed by atoms with Crippen LogP contribution in [0.1, 0.15) is 52.8 Å². The Balaban J connectivity index is 2.57. The fourth-order valence-electron chi connectivity index (χ4n) is 1.94. The standard InChI is InChI=1S/C19H24O4/c1-3-5-7-11-15-23-19(21)17-13-9-8-12-16(17)18(20)22-14-10-6-4-2/h3-4,8-9,12-13H,1-2,5-7,10-11,14-15H2.